The highest BCUT2D eigenvalue weighted by molar-refractivity contribution is 5.93. The number of amides is 2. The van der Waals surface area contributed by atoms with Crippen LogP contribution in [0.25, 0.3) is 0 Å². The summed E-state index contributed by atoms with van der Waals surface area (Å²) in [5.74, 6) is 0.720. The van der Waals surface area contributed by atoms with E-state index >= 15 is 0 Å². The Kier molecular flexibility index (Phi) is 4.81. The van der Waals surface area contributed by atoms with E-state index in [-0.39, 0.29) is 11.9 Å². The van der Waals surface area contributed by atoms with Gasteiger partial charge in [-0.1, -0.05) is 12.1 Å². The van der Waals surface area contributed by atoms with Gasteiger partial charge in [0, 0.05) is 13.6 Å². The summed E-state index contributed by atoms with van der Waals surface area (Å²) in [6, 6.07) is -0.182. The van der Waals surface area contributed by atoms with E-state index in [1.165, 1.54) is 0 Å². The van der Waals surface area contributed by atoms with Gasteiger partial charge in [0.05, 0.1) is 0 Å². The van der Waals surface area contributed by atoms with E-state index in [9.17, 15) is 4.79 Å². The molecule has 1 rings (SSSR count). The smallest absolute Gasteiger partial charge is 0.317 e. The van der Waals surface area contributed by atoms with Crippen molar-refractivity contribution >= 4 is 11.9 Å². The molecule has 1 saturated carbocycles. The number of hydrogen-bond donors (Lipinski definition) is 3. The highest BCUT2D eigenvalue weighted by atomic mass is 16.4. The van der Waals surface area contributed by atoms with Crippen molar-refractivity contribution in [1.29, 1.82) is 0 Å². The van der Waals surface area contributed by atoms with E-state index in [0.717, 1.165) is 12.8 Å². The van der Waals surface area contributed by atoms with Crippen LogP contribution in [0.1, 0.15) is 39.5 Å². The maximum absolute atomic E-state index is 12.0. The zero-order valence-electron chi connectivity index (χ0n) is 11.4. The molecule has 4 N–H and O–H groups in total. The van der Waals surface area contributed by atoms with Gasteiger partial charge in [0.25, 0.3) is 0 Å². The van der Waals surface area contributed by atoms with Crippen LogP contribution in [0.15, 0.2) is 5.16 Å². The van der Waals surface area contributed by atoms with E-state index in [1.54, 1.807) is 11.9 Å². The van der Waals surface area contributed by atoms with Crippen LogP contribution in [-0.2, 0) is 0 Å². The molecule has 18 heavy (non-hydrogen) atoms. The lowest BCUT2D eigenvalue weighted by Crippen LogP contribution is -2.61. The average Bonchev–Trinajstić information content (AvgIpc) is 2.39. The molecule has 0 heterocycles. The maximum atomic E-state index is 12.0. The molecule has 1 aliphatic carbocycles. The quantitative estimate of drug-likeness (QED) is 0.308. The summed E-state index contributed by atoms with van der Waals surface area (Å²) in [6.07, 6.45) is 3.36. The van der Waals surface area contributed by atoms with Gasteiger partial charge in [0.15, 0.2) is 5.84 Å². The molecule has 0 aromatic carbocycles. The fourth-order valence-electron chi connectivity index (χ4n) is 2.24. The summed E-state index contributed by atoms with van der Waals surface area (Å²) in [5.41, 5.74) is 5.09. The molecule has 6 heteroatoms. The minimum atomic E-state index is -0.693. The largest absolute Gasteiger partial charge is 0.409 e. The van der Waals surface area contributed by atoms with Crippen LogP contribution in [0.5, 0.6) is 0 Å². The number of urea groups is 1. The topological polar surface area (TPSA) is 91.0 Å². The summed E-state index contributed by atoms with van der Waals surface area (Å²) in [6.45, 7) is 4.70. The van der Waals surface area contributed by atoms with Crippen molar-refractivity contribution in [2.24, 2.45) is 16.8 Å². The minimum Gasteiger partial charge on any atom is -0.409 e. The third kappa shape index (κ3) is 3.05. The maximum Gasteiger partial charge on any atom is 0.317 e. The molecule has 0 aromatic heterocycles. The van der Waals surface area contributed by atoms with E-state index in [2.05, 4.69) is 17.4 Å². The van der Waals surface area contributed by atoms with Crippen LogP contribution in [-0.4, -0.2) is 41.1 Å². The Labute approximate surface area is 108 Å². The molecule has 0 radical (unpaired) electrons. The van der Waals surface area contributed by atoms with E-state index < -0.39 is 5.54 Å². The van der Waals surface area contributed by atoms with Crippen molar-refractivity contribution in [3.63, 3.8) is 0 Å². The molecule has 0 aromatic rings. The molecule has 6 nitrogen and oxygen atoms in total. The van der Waals surface area contributed by atoms with Crippen LogP contribution in [0.4, 0.5) is 4.79 Å². The number of hydrogen-bond acceptors (Lipinski definition) is 3. The first-order valence-corrected chi connectivity index (χ1v) is 6.46. The number of carbonyl (C=O) groups is 1. The predicted molar refractivity (Wildman–Crippen MR) is 70.6 cm³/mol. The Morgan fingerprint density at radius 3 is 2.56 bits per heavy atom. The molecule has 104 valence electrons. The van der Waals surface area contributed by atoms with E-state index in [1.807, 2.05) is 6.92 Å². The van der Waals surface area contributed by atoms with Gasteiger partial charge in [-0.15, -0.1) is 0 Å². The van der Waals surface area contributed by atoms with E-state index in [0.29, 0.717) is 25.3 Å². The monoisotopic (exact) mass is 256 g/mol. The normalized spacial score (nSPS) is 28.8. The third-order valence-corrected chi connectivity index (χ3v) is 3.89. The first-order chi connectivity index (χ1) is 8.45. The molecule has 1 aliphatic rings. The van der Waals surface area contributed by atoms with Gasteiger partial charge in [-0.3, -0.25) is 0 Å². The van der Waals surface area contributed by atoms with Gasteiger partial charge in [0.1, 0.15) is 5.54 Å². The SMILES string of the molecule is CCN(C)C(=O)NC1(C(N)=NO)CCC(C)CC1. The van der Waals surface area contributed by atoms with Crippen LogP contribution >= 0.6 is 0 Å². The molecule has 2 amide bonds. The number of nitrogens with two attached hydrogens (primary N) is 1. The van der Waals surface area contributed by atoms with Gasteiger partial charge in [0.2, 0.25) is 0 Å². The molecule has 0 aliphatic heterocycles. The molecule has 0 atom stereocenters. The standard InChI is InChI=1S/C12H24N4O2/c1-4-16(3)11(17)14-12(10(13)15-18)7-5-9(2)6-8-12/h9,18H,4-8H2,1-3H3,(H2,13,15)(H,14,17). The predicted octanol–water partition coefficient (Wildman–Crippen LogP) is 1.34. The molecule has 0 saturated heterocycles. The number of amidine groups is 1. The summed E-state index contributed by atoms with van der Waals surface area (Å²) < 4.78 is 0. The van der Waals surface area contributed by atoms with Crippen molar-refractivity contribution in [3.05, 3.63) is 0 Å². The average molecular weight is 256 g/mol. The number of nitrogens with one attached hydrogen (secondary N) is 1. The van der Waals surface area contributed by atoms with Gasteiger partial charge in [-0.2, -0.15) is 0 Å². The second-order valence-electron chi connectivity index (χ2n) is 5.19. The zero-order chi connectivity index (χ0) is 13.8. The van der Waals surface area contributed by atoms with Gasteiger partial charge in [-0.25, -0.2) is 4.79 Å². The number of oxime groups is 1. The summed E-state index contributed by atoms with van der Waals surface area (Å²) in [5, 5.41) is 15.0. The Bertz CT molecular complexity index is 322. The molecule has 1 fully saturated rings. The van der Waals surface area contributed by atoms with Crippen LogP contribution in [0.2, 0.25) is 0 Å². The van der Waals surface area contributed by atoms with Crippen molar-refractivity contribution in [2.75, 3.05) is 13.6 Å². The van der Waals surface area contributed by atoms with E-state index in [4.69, 9.17) is 10.9 Å². The van der Waals surface area contributed by atoms with Gasteiger partial charge >= 0.3 is 6.03 Å². The molecule has 0 spiro atoms. The minimum absolute atomic E-state index is 0.104. The first kappa shape index (κ1) is 14.6. The number of carbonyl (C=O) groups excluding carboxylic acids is 1. The lowest BCUT2D eigenvalue weighted by Gasteiger charge is -2.39. The molecule has 0 unspecified atom stereocenters. The fraction of sp³-hybridized carbons (Fsp3) is 0.833. The van der Waals surface area contributed by atoms with Crippen LogP contribution < -0.4 is 11.1 Å². The summed E-state index contributed by atoms with van der Waals surface area (Å²) >= 11 is 0. The van der Waals surface area contributed by atoms with Crippen molar-refractivity contribution in [1.82, 2.24) is 10.2 Å². The van der Waals surface area contributed by atoms with Gasteiger partial charge in [-0.05, 0) is 38.5 Å². The molecular weight excluding hydrogens is 232 g/mol. The summed E-state index contributed by atoms with van der Waals surface area (Å²) in [7, 11) is 1.72. The number of nitrogens with zero attached hydrogens (tertiary/aromatic N) is 2. The van der Waals surface area contributed by atoms with Gasteiger partial charge < -0.3 is 21.2 Å². The fourth-order valence-corrected chi connectivity index (χ4v) is 2.24. The molecule has 0 bridgehead atoms. The molecular formula is C12H24N4O2. The Morgan fingerprint density at radius 2 is 2.11 bits per heavy atom. The highest BCUT2D eigenvalue weighted by Crippen LogP contribution is 2.32. The van der Waals surface area contributed by atoms with Crippen molar-refractivity contribution in [3.8, 4) is 0 Å². The van der Waals surface area contributed by atoms with Crippen molar-refractivity contribution < 1.29 is 10.0 Å². The number of rotatable bonds is 3. The lowest BCUT2D eigenvalue weighted by molar-refractivity contribution is 0.187. The Morgan fingerprint density at radius 1 is 1.56 bits per heavy atom. The Balaban J connectivity index is 2.83. The van der Waals surface area contributed by atoms with Crippen LogP contribution in [0.3, 0.4) is 0 Å². The second kappa shape index (κ2) is 5.93. The third-order valence-electron chi connectivity index (χ3n) is 3.89. The lowest BCUT2D eigenvalue weighted by atomic mass is 9.76. The zero-order valence-corrected chi connectivity index (χ0v) is 11.4. The first-order valence-electron chi connectivity index (χ1n) is 6.46. The highest BCUT2D eigenvalue weighted by Gasteiger charge is 2.40. The van der Waals surface area contributed by atoms with Crippen LogP contribution in [0, 0.1) is 5.92 Å². The Hall–Kier alpha value is -1.46. The second-order valence-corrected chi connectivity index (χ2v) is 5.19. The summed E-state index contributed by atoms with van der Waals surface area (Å²) in [4.78, 5) is 13.5. The van der Waals surface area contributed by atoms with Crippen molar-refractivity contribution in [2.45, 2.75) is 45.1 Å².